The molecular formula is C20H22N4S. The Hall–Kier alpha value is -2.27. The number of nitrogens with zero attached hydrogens (tertiary/aromatic N) is 4. The summed E-state index contributed by atoms with van der Waals surface area (Å²) in [5.41, 5.74) is 3.77. The zero-order valence-electron chi connectivity index (χ0n) is 14.8. The van der Waals surface area contributed by atoms with Gasteiger partial charge in [-0.3, -0.25) is 4.99 Å². The first-order valence-electron chi connectivity index (χ1n) is 8.60. The fourth-order valence-corrected chi connectivity index (χ4v) is 4.26. The van der Waals surface area contributed by atoms with Crippen molar-refractivity contribution in [1.82, 2.24) is 14.8 Å². The third kappa shape index (κ3) is 3.16. The zero-order chi connectivity index (χ0) is 17.4. The predicted octanol–water partition coefficient (Wildman–Crippen LogP) is 4.77. The predicted molar refractivity (Wildman–Crippen MR) is 103 cm³/mol. The lowest BCUT2D eigenvalue weighted by molar-refractivity contribution is 0.278. The fourth-order valence-electron chi connectivity index (χ4n) is 3.67. The highest BCUT2D eigenvalue weighted by atomic mass is 32.1. The van der Waals surface area contributed by atoms with Crippen molar-refractivity contribution in [1.29, 1.82) is 0 Å². The second-order valence-electron chi connectivity index (χ2n) is 7.40. The smallest absolute Gasteiger partial charge is 0.153 e. The summed E-state index contributed by atoms with van der Waals surface area (Å²) >= 11 is 1.72. The normalized spacial score (nSPS) is 19.2. The molecule has 3 heterocycles. The van der Waals surface area contributed by atoms with Crippen LogP contribution in [0.2, 0.25) is 0 Å². The van der Waals surface area contributed by atoms with Gasteiger partial charge in [0.1, 0.15) is 0 Å². The van der Waals surface area contributed by atoms with Gasteiger partial charge in [0, 0.05) is 22.9 Å². The third-order valence-electron chi connectivity index (χ3n) is 4.72. The van der Waals surface area contributed by atoms with Gasteiger partial charge in [0.25, 0.3) is 0 Å². The standard InChI is InChI=1S/C20H22N4S/c1-14-19-16(22-13-15-7-6-10-25-15)11-20(2,3)12-17(19)24(23-14)18-8-4-5-9-21-18/h4-10,13,16H,11-12H2,1-3H3. The Bertz CT molecular complexity index is 891. The van der Waals surface area contributed by atoms with Crippen LogP contribution in [0.4, 0.5) is 0 Å². The van der Waals surface area contributed by atoms with Gasteiger partial charge >= 0.3 is 0 Å². The summed E-state index contributed by atoms with van der Waals surface area (Å²) in [6.07, 6.45) is 5.86. The molecule has 0 bridgehead atoms. The van der Waals surface area contributed by atoms with Gasteiger partial charge in [-0.05, 0) is 48.8 Å². The number of thiophene rings is 1. The molecule has 0 N–H and O–H groups in total. The van der Waals surface area contributed by atoms with E-state index in [1.807, 2.05) is 35.3 Å². The topological polar surface area (TPSA) is 43.1 Å². The molecule has 0 radical (unpaired) electrons. The van der Waals surface area contributed by atoms with E-state index in [9.17, 15) is 0 Å². The fraction of sp³-hybridized carbons (Fsp3) is 0.350. The van der Waals surface area contributed by atoms with Crippen LogP contribution in [-0.2, 0) is 6.42 Å². The number of aryl methyl sites for hydroxylation is 1. The van der Waals surface area contributed by atoms with Gasteiger partial charge in [-0.2, -0.15) is 5.10 Å². The molecule has 0 aromatic carbocycles. The largest absolute Gasteiger partial charge is 0.283 e. The maximum Gasteiger partial charge on any atom is 0.153 e. The van der Waals surface area contributed by atoms with Gasteiger partial charge in [-0.15, -0.1) is 11.3 Å². The molecule has 0 saturated carbocycles. The Kier molecular flexibility index (Phi) is 4.04. The van der Waals surface area contributed by atoms with E-state index < -0.39 is 0 Å². The van der Waals surface area contributed by atoms with Crippen molar-refractivity contribution in [2.45, 2.75) is 39.7 Å². The molecule has 0 fully saturated rings. The summed E-state index contributed by atoms with van der Waals surface area (Å²) in [7, 11) is 0. The first kappa shape index (κ1) is 16.2. The van der Waals surface area contributed by atoms with Crippen molar-refractivity contribution < 1.29 is 0 Å². The lowest BCUT2D eigenvalue weighted by atomic mass is 9.74. The zero-order valence-corrected chi connectivity index (χ0v) is 15.6. The second kappa shape index (κ2) is 6.23. The lowest BCUT2D eigenvalue weighted by Gasteiger charge is -2.34. The Morgan fingerprint density at radius 3 is 2.88 bits per heavy atom. The Labute approximate surface area is 152 Å². The Morgan fingerprint density at radius 1 is 1.28 bits per heavy atom. The van der Waals surface area contributed by atoms with Crippen LogP contribution in [-0.4, -0.2) is 21.0 Å². The molecule has 5 heteroatoms. The SMILES string of the molecule is Cc1nn(-c2ccccn2)c2c1C(N=Cc1cccs1)CC(C)(C)C2. The molecule has 128 valence electrons. The average Bonchev–Trinajstić information content (AvgIpc) is 3.21. The number of hydrogen-bond acceptors (Lipinski definition) is 4. The summed E-state index contributed by atoms with van der Waals surface area (Å²) in [6, 6.07) is 10.3. The quantitative estimate of drug-likeness (QED) is 0.639. The first-order valence-corrected chi connectivity index (χ1v) is 9.48. The molecule has 3 aromatic rings. The molecule has 4 nitrogen and oxygen atoms in total. The van der Waals surface area contributed by atoms with Crippen LogP contribution in [0.1, 0.15) is 48.1 Å². The maximum absolute atomic E-state index is 4.94. The van der Waals surface area contributed by atoms with E-state index in [2.05, 4.69) is 43.3 Å². The molecule has 1 unspecified atom stereocenters. The number of pyridine rings is 1. The molecule has 0 spiro atoms. The molecule has 0 aliphatic heterocycles. The van der Waals surface area contributed by atoms with Crippen LogP contribution in [0.3, 0.4) is 0 Å². The van der Waals surface area contributed by atoms with Crippen LogP contribution in [0.15, 0.2) is 46.9 Å². The Balaban J connectivity index is 1.79. The highest BCUT2D eigenvalue weighted by Crippen LogP contribution is 2.44. The monoisotopic (exact) mass is 350 g/mol. The van der Waals surface area contributed by atoms with Gasteiger partial charge in [0.05, 0.1) is 17.4 Å². The van der Waals surface area contributed by atoms with Gasteiger partial charge in [-0.1, -0.05) is 26.0 Å². The van der Waals surface area contributed by atoms with Gasteiger partial charge in [0.15, 0.2) is 5.82 Å². The first-order chi connectivity index (χ1) is 12.0. The minimum atomic E-state index is 0.151. The molecule has 0 amide bonds. The molecule has 1 aliphatic rings. The van der Waals surface area contributed by atoms with E-state index in [0.717, 1.165) is 24.4 Å². The number of aliphatic imine (C=N–C) groups is 1. The molecule has 3 aromatic heterocycles. The van der Waals surface area contributed by atoms with Crippen molar-refractivity contribution in [3.63, 3.8) is 0 Å². The number of hydrogen-bond donors (Lipinski definition) is 0. The summed E-state index contributed by atoms with van der Waals surface area (Å²) in [6.45, 7) is 6.72. The summed E-state index contributed by atoms with van der Waals surface area (Å²) < 4.78 is 2.01. The molecule has 1 atom stereocenters. The molecule has 4 rings (SSSR count). The second-order valence-corrected chi connectivity index (χ2v) is 8.38. The van der Waals surface area contributed by atoms with Crippen LogP contribution in [0.5, 0.6) is 0 Å². The highest BCUT2D eigenvalue weighted by Gasteiger charge is 2.36. The van der Waals surface area contributed by atoms with Crippen molar-refractivity contribution >= 4 is 17.6 Å². The molecule has 25 heavy (non-hydrogen) atoms. The van der Waals surface area contributed by atoms with E-state index in [-0.39, 0.29) is 11.5 Å². The average molecular weight is 350 g/mol. The van der Waals surface area contributed by atoms with Gasteiger partial charge < -0.3 is 0 Å². The minimum absolute atomic E-state index is 0.151. The van der Waals surface area contributed by atoms with Crippen LogP contribution in [0.25, 0.3) is 5.82 Å². The van der Waals surface area contributed by atoms with E-state index in [1.165, 1.54) is 16.1 Å². The van der Waals surface area contributed by atoms with Crippen molar-refractivity contribution in [2.75, 3.05) is 0 Å². The van der Waals surface area contributed by atoms with Crippen LogP contribution >= 0.6 is 11.3 Å². The highest BCUT2D eigenvalue weighted by molar-refractivity contribution is 7.11. The van der Waals surface area contributed by atoms with Crippen molar-refractivity contribution in [3.8, 4) is 5.82 Å². The van der Waals surface area contributed by atoms with E-state index >= 15 is 0 Å². The van der Waals surface area contributed by atoms with E-state index in [0.29, 0.717) is 0 Å². The van der Waals surface area contributed by atoms with Crippen molar-refractivity contribution in [2.24, 2.45) is 10.4 Å². The van der Waals surface area contributed by atoms with Crippen molar-refractivity contribution in [3.05, 3.63) is 63.7 Å². The molecule has 1 aliphatic carbocycles. The minimum Gasteiger partial charge on any atom is -0.283 e. The molecular weight excluding hydrogens is 328 g/mol. The van der Waals surface area contributed by atoms with E-state index in [4.69, 9.17) is 10.1 Å². The number of aromatic nitrogens is 3. The third-order valence-corrected chi connectivity index (χ3v) is 5.53. The summed E-state index contributed by atoms with van der Waals surface area (Å²) in [5, 5.41) is 6.89. The van der Waals surface area contributed by atoms with Gasteiger partial charge in [0.2, 0.25) is 0 Å². The lowest BCUT2D eigenvalue weighted by Crippen LogP contribution is -2.26. The van der Waals surface area contributed by atoms with Crippen LogP contribution in [0, 0.1) is 12.3 Å². The maximum atomic E-state index is 4.94. The summed E-state index contributed by atoms with van der Waals surface area (Å²) in [4.78, 5) is 10.6. The number of fused-ring (bicyclic) bond motifs is 1. The number of rotatable bonds is 3. The summed E-state index contributed by atoms with van der Waals surface area (Å²) in [5.74, 6) is 0.880. The van der Waals surface area contributed by atoms with Crippen LogP contribution < -0.4 is 0 Å². The van der Waals surface area contributed by atoms with Gasteiger partial charge in [-0.25, -0.2) is 9.67 Å². The van der Waals surface area contributed by atoms with E-state index in [1.54, 1.807) is 11.3 Å². The molecule has 0 saturated heterocycles. The Morgan fingerprint density at radius 2 is 2.16 bits per heavy atom.